The predicted octanol–water partition coefficient (Wildman–Crippen LogP) is 2.34. The highest BCUT2D eigenvalue weighted by molar-refractivity contribution is 5.06. The molecule has 0 radical (unpaired) electrons. The van der Waals surface area contributed by atoms with Gasteiger partial charge in [0, 0.05) is 5.92 Å². The Hall–Kier alpha value is -1.06. The molecule has 0 aliphatic heterocycles. The van der Waals surface area contributed by atoms with Gasteiger partial charge in [0.05, 0.1) is 0 Å². The van der Waals surface area contributed by atoms with E-state index >= 15 is 0 Å². The Balaban J connectivity index is 2.56. The summed E-state index contributed by atoms with van der Waals surface area (Å²) in [5.41, 5.74) is 5.36. The summed E-state index contributed by atoms with van der Waals surface area (Å²) >= 11 is 0. The summed E-state index contributed by atoms with van der Waals surface area (Å²) in [7, 11) is 0. The van der Waals surface area contributed by atoms with Crippen LogP contribution in [0.25, 0.3) is 0 Å². The summed E-state index contributed by atoms with van der Waals surface area (Å²) in [6, 6.07) is 0.171. The lowest BCUT2D eigenvalue weighted by molar-refractivity contribution is 0.425. The van der Waals surface area contributed by atoms with Gasteiger partial charge >= 0.3 is 6.01 Å². The molecule has 1 atom stereocenters. The molecule has 4 nitrogen and oxygen atoms in total. The van der Waals surface area contributed by atoms with Crippen molar-refractivity contribution < 1.29 is 4.42 Å². The van der Waals surface area contributed by atoms with E-state index in [1.165, 1.54) is 12.8 Å². The highest BCUT2D eigenvalue weighted by Crippen LogP contribution is 2.24. The van der Waals surface area contributed by atoms with Crippen molar-refractivity contribution in [2.24, 2.45) is 0 Å². The standard InChI is InChI=1S/C9H17N3O/c1-3-5-6-7(4-2)8-11-12-9(10)13-8/h7H,3-6H2,1-2H3,(H2,10,12). The predicted molar refractivity (Wildman–Crippen MR) is 51.3 cm³/mol. The van der Waals surface area contributed by atoms with Crippen molar-refractivity contribution in [3.63, 3.8) is 0 Å². The van der Waals surface area contributed by atoms with Crippen molar-refractivity contribution >= 4 is 6.01 Å². The van der Waals surface area contributed by atoms with E-state index in [2.05, 4.69) is 24.0 Å². The fraction of sp³-hybridized carbons (Fsp3) is 0.778. The molecule has 4 heteroatoms. The minimum atomic E-state index is 0.171. The van der Waals surface area contributed by atoms with E-state index in [0.29, 0.717) is 11.8 Å². The molecule has 0 spiro atoms. The first-order chi connectivity index (χ1) is 6.27. The Labute approximate surface area is 78.5 Å². The lowest BCUT2D eigenvalue weighted by Crippen LogP contribution is -1.97. The number of nitrogens with two attached hydrogens (primary N) is 1. The Bertz CT molecular complexity index is 247. The highest BCUT2D eigenvalue weighted by Gasteiger charge is 2.15. The van der Waals surface area contributed by atoms with E-state index in [0.717, 1.165) is 12.8 Å². The number of nitrogens with zero attached hydrogens (tertiary/aromatic N) is 2. The molecule has 0 aromatic carbocycles. The van der Waals surface area contributed by atoms with Gasteiger partial charge in [0.1, 0.15) is 0 Å². The van der Waals surface area contributed by atoms with Crippen LogP contribution >= 0.6 is 0 Å². The molecule has 1 unspecified atom stereocenters. The second-order valence-electron chi connectivity index (χ2n) is 3.23. The number of unbranched alkanes of at least 4 members (excludes halogenated alkanes) is 1. The van der Waals surface area contributed by atoms with Gasteiger partial charge in [-0.05, 0) is 12.8 Å². The number of rotatable bonds is 5. The molecule has 1 rings (SSSR count). The Morgan fingerprint density at radius 3 is 2.62 bits per heavy atom. The minimum absolute atomic E-state index is 0.171. The smallest absolute Gasteiger partial charge is 0.312 e. The second kappa shape index (κ2) is 4.84. The molecule has 1 heterocycles. The third-order valence-electron chi connectivity index (χ3n) is 2.20. The van der Waals surface area contributed by atoms with Gasteiger partial charge in [-0.1, -0.05) is 31.8 Å². The molecule has 0 fully saturated rings. The van der Waals surface area contributed by atoms with Crippen LogP contribution in [0, 0.1) is 0 Å². The van der Waals surface area contributed by atoms with Gasteiger partial charge in [-0.15, -0.1) is 5.10 Å². The highest BCUT2D eigenvalue weighted by atomic mass is 16.4. The molecule has 1 aromatic heterocycles. The van der Waals surface area contributed by atoms with Gasteiger partial charge in [0.25, 0.3) is 0 Å². The lowest BCUT2D eigenvalue weighted by atomic mass is 10.00. The summed E-state index contributed by atoms with van der Waals surface area (Å²) in [6.07, 6.45) is 4.52. The number of hydrogen-bond acceptors (Lipinski definition) is 4. The fourth-order valence-electron chi connectivity index (χ4n) is 1.36. The quantitative estimate of drug-likeness (QED) is 0.760. The van der Waals surface area contributed by atoms with Crippen molar-refractivity contribution in [3.05, 3.63) is 5.89 Å². The second-order valence-corrected chi connectivity index (χ2v) is 3.23. The van der Waals surface area contributed by atoms with Crippen molar-refractivity contribution in [3.8, 4) is 0 Å². The third kappa shape index (κ3) is 2.72. The van der Waals surface area contributed by atoms with Crippen molar-refractivity contribution in [1.29, 1.82) is 0 Å². The first-order valence-electron chi connectivity index (χ1n) is 4.86. The van der Waals surface area contributed by atoms with Crippen molar-refractivity contribution in [1.82, 2.24) is 10.2 Å². The lowest BCUT2D eigenvalue weighted by Gasteiger charge is -2.08. The van der Waals surface area contributed by atoms with Crippen LogP contribution in [0.3, 0.4) is 0 Å². The number of hydrogen-bond donors (Lipinski definition) is 1. The van der Waals surface area contributed by atoms with Crippen LogP contribution in [-0.4, -0.2) is 10.2 Å². The first-order valence-corrected chi connectivity index (χ1v) is 4.86. The third-order valence-corrected chi connectivity index (χ3v) is 2.20. The fourth-order valence-corrected chi connectivity index (χ4v) is 1.36. The Kier molecular flexibility index (Phi) is 3.73. The number of anilines is 1. The monoisotopic (exact) mass is 183 g/mol. The van der Waals surface area contributed by atoms with Gasteiger partial charge in [0.2, 0.25) is 5.89 Å². The van der Waals surface area contributed by atoms with Crippen LogP contribution in [0.1, 0.15) is 51.3 Å². The largest absolute Gasteiger partial charge is 0.408 e. The van der Waals surface area contributed by atoms with E-state index in [-0.39, 0.29) is 6.01 Å². The topological polar surface area (TPSA) is 64.9 Å². The van der Waals surface area contributed by atoms with E-state index in [4.69, 9.17) is 10.2 Å². The van der Waals surface area contributed by atoms with Gasteiger partial charge in [-0.25, -0.2) is 0 Å². The average molecular weight is 183 g/mol. The van der Waals surface area contributed by atoms with Gasteiger partial charge < -0.3 is 10.2 Å². The van der Waals surface area contributed by atoms with Crippen molar-refractivity contribution in [2.45, 2.75) is 45.4 Å². The Morgan fingerprint density at radius 1 is 1.38 bits per heavy atom. The van der Waals surface area contributed by atoms with Crippen LogP contribution in [0.5, 0.6) is 0 Å². The van der Waals surface area contributed by atoms with Crippen LogP contribution in [0.2, 0.25) is 0 Å². The first kappa shape index (κ1) is 10.0. The molecule has 13 heavy (non-hydrogen) atoms. The molecule has 0 saturated heterocycles. The maximum Gasteiger partial charge on any atom is 0.312 e. The summed E-state index contributed by atoms with van der Waals surface area (Å²) in [6.45, 7) is 4.30. The van der Waals surface area contributed by atoms with Gasteiger partial charge in [-0.3, -0.25) is 0 Å². The molecular formula is C9H17N3O. The van der Waals surface area contributed by atoms with Gasteiger partial charge in [0.15, 0.2) is 0 Å². The van der Waals surface area contributed by atoms with Crippen LogP contribution < -0.4 is 5.73 Å². The summed E-state index contributed by atoms with van der Waals surface area (Å²) in [5.74, 6) is 1.07. The zero-order valence-corrected chi connectivity index (χ0v) is 8.29. The molecule has 0 saturated carbocycles. The normalized spacial score (nSPS) is 13.1. The van der Waals surface area contributed by atoms with Gasteiger partial charge in [-0.2, -0.15) is 0 Å². The van der Waals surface area contributed by atoms with E-state index < -0.39 is 0 Å². The molecule has 0 amide bonds. The molecule has 0 aliphatic carbocycles. The molecule has 74 valence electrons. The maximum atomic E-state index is 5.36. The zero-order chi connectivity index (χ0) is 9.68. The van der Waals surface area contributed by atoms with Crippen molar-refractivity contribution in [2.75, 3.05) is 5.73 Å². The van der Waals surface area contributed by atoms with E-state index in [1.54, 1.807) is 0 Å². The Morgan fingerprint density at radius 2 is 2.15 bits per heavy atom. The number of aromatic nitrogens is 2. The molecule has 2 N–H and O–H groups in total. The van der Waals surface area contributed by atoms with E-state index in [9.17, 15) is 0 Å². The molecular weight excluding hydrogens is 166 g/mol. The molecule has 0 bridgehead atoms. The molecule has 0 aliphatic rings. The SMILES string of the molecule is CCCCC(CC)c1nnc(N)o1. The van der Waals surface area contributed by atoms with E-state index in [1.807, 2.05) is 0 Å². The molecule has 1 aromatic rings. The zero-order valence-electron chi connectivity index (χ0n) is 8.29. The summed E-state index contributed by atoms with van der Waals surface area (Å²) in [5, 5.41) is 7.55. The summed E-state index contributed by atoms with van der Waals surface area (Å²) in [4.78, 5) is 0. The van der Waals surface area contributed by atoms with Crippen LogP contribution in [-0.2, 0) is 0 Å². The summed E-state index contributed by atoms with van der Waals surface area (Å²) < 4.78 is 5.19. The minimum Gasteiger partial charge on any atom is -0.408 e. The van der Waals surface area contributed by atoms with Crippen LogP contribution in [0.15, 0.2) is 4.42 Å². The van der Waals surface area contributed by atoms with Crippen LogP contribution in [0.4, 0.5) is 6.01 Å². The number of nitrogen functional groups attached to an aromatic ring is 1. The maximum absolute atomic E-state index is 5.36. The average Bonchev–Trinajstić information content (AvgIpc) is 2.54.